The summed E-state index contributed by atoms with van der Waals surface area (Å²) in [6.45, 7) is 2.83. The van der Waals surface area contributed by atoms with Gasteiger partial charge < -0.3 is 24.6 Å². The average molecular weight is 848 g/mol. The number of para-hydroxylation sites is 1. The fourth-order valence-corrected chi connectivity index (χ4v) is 9.26. The van der Waals surface area contributed by atoms with Gasteiger partial charge in [0, 0.05) is 44.4 Å². The van der Waals surface area contributed by atoms with E-state index >= 15 is 0 Å². The molecule has 1 saturated carbocycles. The molecule has 5 aliphatic rings. The summed E-state index contributed by atoms with van der Waals surface area (Å²) < 4.78 is 46.1. The summed E-state index contributed by atoms with van der Waals surface area (Å²) in [5, 5.41) is 13.5. The Hall–Kier alpha value is -6.57. The number of carbonyl (C=O) groups is 3. The lowest BCUT2D eigenvalue weighted by atomic mass is 9.86. The maximum Gasteiger partial charge on any atom is 0.329 e. The summed E-state index contributed by atoms with van der Waals surface area (Å²) in [5.74, 6) is 8.99. The number of carbonyl (C=O) groups excluding carboxylic acids is 3. The minimum absolute atomic E-state index is 0.0243. The molecule has 19 heteroatoms. The molecule has 17 nitrogen and oxygen atoms in total. The van der Waals surface area contributed by atoms with Crippen molar-refractivity contribution in [3.63, 3.8) is 0 Å². The molecule has 3 amide bonds. The zero-order valence-electron chi connectivity index (χ0n) is 33.8. The number of aromatic nitrogens is 7. The molecule has 2 N–H and O–H groups in total. The Morgan fingerprint density at radius 3 is 2.68 bits per heavy atom. The van der Waals surface area contributed by atoms with Crippen LogP contribution < -0.4 is 21.2 Å². The number of piperidine rings is 1. The van der Waals surface area contributed by atoms with Gasteiger partial charge in [0.1, 0.15) is 24.0 Å². The van der Waals surface area contributed by atoms with E-state index in [9.17, 15) is 28.0 Å². The predicted octanol–water partition coefficient (Wildman–Crippen LogP) is 3.17. The van der Waals surface area contributed by atoms with Gasteiger partial charge in [-0.25, -0.2) is 23.1 Å². The monoisotopic (exact) mass is 847 g/mol. The molecule has 0 radical (unpaired) electrons. The summed E-state index contributed by atoms with van der Waals surface area (Å²) in [5.41, 5.74) is 1.46. The molecule has 0 spiro atoms. The molecule has 5 aromatic rings. The lowest BCUT2D eigenvalue weighted by Gasteiger charge is -2.35. The van der Waals surface area contributed by atoms with Crippen LogP contribution in [0, 0.1) is 29.7 Å². The number of fused-ring (bicyclic) bond motifs is 4. The van der Waals surface area contributed by atoms with Crippen LogP contribution in [0.3, 0.4) is 0 Å². The number of rotatable bonds is 8. The van der Waals surface area contributed by atoms with Crippen LogP contribution in [0.1, 0.15) is 85.1 Å². The Bertz CT molecular complexity index is 2790. The second-order valence-corrected chi connectivity index (χ2v) is 16.5. The standard InChI is InChI=1S/C43H43F2N11O6/c1-51-38-26(4-2-6-33(38)56(43(51)60)34-11-12-36(57)49-42(34)59)5-3-17-61-30-20-52(21-30)15-13-25-7-9-27(10-8-25)55-23-32(37(50-55)39(44)45)47-41(58)31-19-46-54-16-14-35(48-40(31)54)53-22-29-18-28(53)24-62-29/h2,4,6,14,16,19,23,25,27-30,34,39H,7-12,17-18,20-22,24H2,1H3,(H,47,58)(H,49,57,59)/t25?,27?,28-,29-,34?/m1/s1. The third-order valence-corrected chi connectivity index (χ3v) is 12.6. The quantitative estimate of drug-likeness (QED) is 0.174. The van der Waals surface area contributed by atoms with Gasteiger partial charge in [-0.15, -0.1) is 0 Å². The summed E-state index contributed by atoms with van der Waals surface area (Å²) in [6.07, 6.45) is 6.21. The first kappa shape index (κ1) is 39.6. The SMILES string of the molecule is Cn1c(=O)n(C2CCC(=O)NC2=O)c2cccc(C#CCOC3CN(C#CC4CCC(n5cc(NC(=O)c6cnn7ccc(N8C[C@H]9C[C@@H]8CO9)nc67)c(C(F)F)n5)CC4)C3)c21. The van der Waals surface area contributed by atoms with Crippen molar-refractivity contribution in [3.05, 3.63) is 70.2 Å². The van der Waals surface area contributed by atoms with Gasteiger partial charge >= 0.3 is 5.69 Å². The van der Waals surface area contributed by atoms with Crippen LogP contribution in [-0.4, -0.2) is 107 Å². The van der Waals surface area contributed by atoms with Crippen LogP contribution in [0.15, 0.2) is 47.7 Å². The van der Waals surface area contributed by atoms with Gasteiger partial charge in [-0.05, 0) is 56.7 Å². The lowest BCUT2D eigenvalue weighted by Crippen LogP contribution is -2.49. The molecule has 320 valence electrons. The third-order valence-electron chi connectivity index (χ3n) is 12.6. The van der Waals surface area contributed by atoms with Crippen LogP contribution >= 0.6 is 0 Å². The van der Waals surface area contributed by atoms with E-state index in [0.717, 1.165) is 31.6 Å². The van der Waals surface area contributed by atoms with Crippen molar-refractivity contribution >= 4 is 45.9 Å². The summed E-state index contributed by atoms with van der Waals surface area (Å²) in [6, 6.07) is 9.83. The molecule has 5 fully saturated rings. The number of imide groups is 1. The number of ether oxygens (including phenoxy) is 2. The number of nitrogens with zero attached hydrogens (tertiary/aromatic N) is 9. The van der Waals surface area contributed by atoms with E-state index in [1.165, 1.54) is 26.0 Å². The number of anilines is 2. The van der Waals surface area contributed by atoms with E-state index in [2.05, 4.69) is 49.5 Å². The summed E-state index contributed by atoms with van der Waals surface area (Å²) in [7, 11) is 1.64. The smallest absolute Gasteiger partial charge is 0.329 e. The van der Waals surface area contributed by atoms with Crippen molar-refractivity contribution < 1.29 is 32.6 Å². The molecule has 62 heavy (non-hydrogen) atoms. The van der Waals surface area contributed by atoms with Crippen LogP contribution in [0.25, 0.3) is 16.7 Å². The Labute approximate surface area is 353 Å². The number of benzene rings is 1. The molecule has 10 rings (SSSR count). The minimum atomic E-state index is -2.88. The van der Waals surface area contributed by atoms with Crippen molar-refractivity contribution in [2.24, 2.45) is 13.0 Å². The molecule has 4 saturated heterocycles. The molecule has 4 aromatic heterocycles. The van der Waals surface area contributed by atoms with Gasteiger partial charge in [0.15, 0.2) is 11.3 Å². The van der Waals surface area contributed by atoms with Crippen molar-refractivity contribution in [2.45, 2.75) is 81.7 Å². The van der Waals surface area contributed by atoms with Gasteiger partial charge in [0.25, 0.3) is 12.3 Å². The number of morpholine rings is 1. The zero-order chi connectivity index (χ0) is 42.6. The number of alkyl halides is 2. The van der Waals surface area contributed by atoms with E-state index in [4.69, 9.17) is 14.5 Å². The fourth-order valence-electron chi connectivity index (χ4n) is 9.26. The minimum Gasteiger partial charge on any atom is -0.374 e. The normalized spacial score (nSPS) is 23.6. The first-order valence-electron chi connectivity index (χ1n) is 20.9. The number of aryl methyl sites for hydroxylation is 1. The maximum atomic E-state index is 14.2. The molecule has 4 aliphatic heterocycles. The first-order valence-corrected chi connectivity index (χ1v) is 20.9. The van der Waals surface area contributed by atoms with E-state index in [0.29, 0.717) is 54.8 Å². The van der Waals surface area contributed by atoms with E-state index in [1.54, 1.807) is 30.1 Å². The molecular formula is C43H43F2N11O6. The van der Waals surface area contributed by atoms with Crippen molar-refractivity contribution in [3.8, 4) is 23.8 Å². The largest absolute Gasteiger partial charge is 0.374 e. The number of halogens is 2. The molecule has 1 aromatic carbocycles. The van der Waals surface area contributed by atoms with Crippen LogP contribution in [0.4, 0.5) is 20.3 Å². The second kappa shape index (κ2) is 16.0. The number of likely N-dealkylation sites (tertiary alicyclic amines) is 1. The van der Waals surface area contributed by atoms with Crippen molar-refractivity contribution in [2.75, 3.05) is 43.1 Å². The highest BCUT2D eigenvalue weighted by molar-refractivity contribution is 6.08. The molecule has 3 atom stereocenters. The summed E-state index contributed by atoms with van der Waals surface area (Å²) in [4.78, 5) is 59.8. The summed E-state index contributed by atoms with van der Waals surface area (Å²) >= 11 is 0. The Balaban J connectivity index is 0.709. The Kier molecular flexibility index (Phi) is 10.2. The van der Waals surface area contributed by atoms with E-state index in [1.807, 2.05) is 17.0 Å². The number of hydrogen-bond acceptors (Lipinski definition) is 11. The fraction of sp³-hybridized carbons (Fsp3) is 0.465. The van der Waals surface area contributed by atoms with Gasteiger partial charge in [0.05, 0.1) is 72.5 Å². The highest BCUT2D eigenvalue weighted by Gasteiger charge is 2.40. The van der Waals surface area contributed by atoms with Crippen LogP contribution in [0.5, 0.6) is 0 Å². The van der Waals surface area contributed by atoms with Crippen LogP contribution in [-0.2, 0) is 26.1 Å². The molecule has 2 bridgehead atoms. The molecule has 8 heterocycles. The molecule has 1 unspecified atom stereocenters. The highest BCUT2D eigenvalue weighted by atomic mass is 19.3. The van der Waals surface area contributed by atoms with Gasteiger partial charge in [-0.1, -0.05) is 23.8 Å². The molecular weight excluding hydrogens is 805 g/mol. The third kappa shape index (κ3) is 7.34. The maximum absolute atomic E-state index is 14.2. The van der Waals surface area contributed by atoms with E-state index in [-0.39, 0.29) is 72.5 Å². The second-order valence-electron chi connectivity index (χ2n) is 16.5. The van der Waals surface area contributed by atoms with Crippen LogP contribution in [0.2, 0.25) is 0 Å². The number of hydrogen-bond donors (Lipinski definition) is 2. The lowest BCUT2D eigenvalue weighted by molar-refractivity contribution is -0.135. The van der Waals surface area contributed by atoms with Crippen molar-refractivity contribution in [1.29, 1.82) is 0 Å². The van der Waals surface area contributed by atoms with Gasteiger partial charge in [-0.3, -0.25) is 33.5 Å². The zero-order valence-corrected chi connectivity index (χ0v) is 33.8. The first-order chi connectivity index (χ1) is 30.1. The topological polar surface area (TPSA) is 175 Å². The van der Waals surface area contributed by atoms with E-state index < -0.39 is 30.0 Å². The highest BCUT2D eigenvalue weighted by Crippen LogP contribution is 2.36. The number of amides is 3. The predicted molar refractivity (Wildman–Crippen MR) is 219 cm³/mol. The Morgan fingerprint density at radius 2 is 1.92 bits per heavy atom. The van der Waals surface area contributed by atoms with Crippen molar-refractivity contribution in [1.82, 2.24) is 43.7 Å². The van der Waals surface area contributed by atoms with Gasteiger partial charge in [-0.2, -0.15) is 10.2 Å². The molecule has 1 aliphatic carbocycles. The Morgan fingerprint density at radius 1 is 1.08 bits per heavy atom. The number of imidazole rings is 1. The van der Waals surface area contributed by atoms with Gasteiger partial charge in [0.2, 0.25) is 11.8 Å². The number of nitrogens with one attached hydrogen (secondary N) is 2. The average Bonchev–Trinajstić information content (AvgIpc) is 4.10.